The molecule has 0 radical (unpaired) electrons. The molecule has 2 rings (SSSR count). The standard InChI is InChI=1S/C17H23N3O3S/c1-7-20-11(5)14(10(4)19-20)15(21)18-16-13(17(22)23-8-2)9(3)12(6)24-16/h7-8H2,1-6H3,(H,18,21). The molecule has 0 aliphatic carbocycles. The summed E-state index contributed by atoms with van der Waals surface area (Å²) in [5.41, 5.74) is 3.32. The number of nitrogens with zero attached hydrogens (tertiary/aromatic N) is 2. The highest BCUT2D eigenvalue weighted by molar-refractivity contribution is 7.16. The van der Waals surface area contributed by atoms with Crippen LogP contribution in [0, 0.1) is 27.7 Å². The fourth-order valence-electron chi connectivity index (χ4n) is 2.66. The van der Waals surface area contributed by atoms with Crippen molar-refractivity contribution in [3.63, 3.8) is 0 Å². The van der Waals surface area contributed by atoms with Crippen molar-refractivity contribution in [2.45, 2.75) is 48.1 Å². The van der Waals surface area contributed by atoms with Gasteiger partial charge in [-0.05, 0) is 47.1 Å². The van der Waals surface area contributed by atoms with E-state index in [1.54, 1.807) is 11.6 Å². The molecule has 130 valence electrons. The normalized spacial score (nSPS) is 10.8. The van der Waals surface area contributed by atoms with Crippen LogP contribution in [-0.4, -0.2) is 28.3 Å². The fourth-order valence-corrected chi connectivity index (χ4v) is 3.71. The average Bonchev–Trinajstić information content (AvgIpc) is 2.95. The minimum atomic E-state index is -0.410. The molecule has 0 aliphatic heterocycles. The first-order chi connectivity index (χ1) is 11.3. The molecule has 0 fully saturated rings. The second kappa shape index (κ2) is 7.17. The summed E-state index contributed by atoms with van der Waals surface area (Å²) >= 11 is 1.38. The lowest BCUT2D eigenvalue weighted by Gasteiger charge is -2.07. The van der Waals surface area contributed by atoms with Gasteiger partial charge in [0.2, 0.25) is 0 Å². The van der Waals surface area contributed by atoms with E-state index in [9.17, 15) is 9.59 Å². The predicted octanol–water partition coefficient (Wildman–Crippen LogP) is 3.63. The van der Waals surface area contributed by atoms with E-state index >= 15 is 0 Å². The number of rotatable bonds is 5. The molecule has 0 unspecified atom stereocenters. The van der Waals surface area contributed by atoms with E-state index in [0.717, 1.165) is 16.1 Å². The first-order valence-electron chi connectivity index (χ1n) is 7.94. The molecule has 0 spiro atoms. The number of anilines is 1. The number of hydrogen-bond donors (Lipinski definition) is 1. The number of hydrogen-bond acceptors (Lipinski definition) is 5. The van der Waals surface area contributed by atoms with E-state index in [2.05, 4.69) is 10.4 Å². The van der Waals surface area contributed by atoms with Gasteiger partial charge in [0.1, 0.15) is 5.00 Å². The van der Waals surface area contributed by atoms with Gasteiger partial charge in [0.05, 0.1) is 23.4 Å². The number of amides is 1. The first kappa shape index (κ1) is 18.2. The van der Waals surface area contributed by atoms with Crippen molar-refractivity contribution in [1.29, 1.82) is 0 Å². The maximum Gasteiger partial charge on any atom is 0.341 e. The van der Waals surface area contributed by atoms with Crippen LogP contribution in [0.2, 0.25) is 0 Å². The van der Waals surface area contributed by atoms with Crippen LogP contribution in [0.5, 0.6) is 0 Å². The van der Waals surface area contributed by atoms with Crippen molar-refractivity contribution in [2.75, 3.05) is 11.9 Å². The number of thiophene rings is 1. The van der Waals surface area contributed by atoms with Crippen LogP contribution in [0.1, 0.15) is 56.4 Å². The van der Waals surface area contributed by atoms with E-state index in [-0.39, 0.29) is 5.91 Å². The van der Waals surface area contributed by atoms with Gasteiger partial charge in [0.15, 0.2) is 0 Å². The van der Waals surface area contributed by atoms with Gasteiger partial charge in [0, 0.05) is 17.1 Å². The number of carbonyl (C=O) groups excluding carboxylic acids is 2. The molecule has 2 aromatic rings. The van der Waals surface area contributed by atoms with Gasteiger partial charge in [0.25, 0.3) is 5.91 Å². The van der Waals surface area contributed by atoms with Crippen LogP contribution in [0.4, 0.5) is 5.00 Å². The van der Waals surface area contributed by atoms with Crippen molar-refractivity contribution in [2.24, 2.45) is 0 Å². The van der Waals surface area contributed by atoms with Gasteiger partial charge < -0.3 is 10.1 Å². The van der Waals surface area contributed by atoms with Gasteiger partial charge >= 0.3 is 5.97 Å². The molecular weight excluding hydrogens is 326 g/mol. The zero-order valence-corrected chi connectivity index (χ0v) is 15.8. The lowest BCUT2D eigenvalue weighted by Crippen LogP contribution is -2.16. The molecule has 0 aliphatic rings. The summed E-state index contributed by atoms with van der Waals surface area (Å²) in [4.78, 5) is 25.9. The van der Waals surface area contributed by atoms with Gasteiger partial charge in [-0.2, -0.15) is 5.10 Å². The minimum absolute atomic E-state index is 0.253. The Bertz CT molecular complexity index is 790. The van der Waals surface area contributed by atoms with Crippen LogP contribution in [0.15, 0.2) is 0 Å². The highest BCUT2D eigenvalue weighted by Gasteiger charge is 2.24. The number of esters is 1. The van der Waals surface area contributed by atoms with Crippen molar-refractivity contribution >= 4 is 28.2 Å². The first-order valence-corrected chi connectivity index (χ1v) is 8.75. The second-order valence-electron chi connectivity index (χ2n) is 5.52. The molecule has 1 amide bonds. The number of ether oxygens (including phenoxy) is 1. The molecule has 0 atom stereocenters. The van der Waals surface area contributed by atoms with E-state index in [0.29, 0.717) is 35.0 Å². The molecule has 7 heteroatoms. The van der Waals surface area contributed by atoms with Gasteiger partial charge in [-0.3, -0.25) is 9.48 Å². The Labute approximate surface area is 145 Å². The average molecular weight is 349 g/mol. The quantitative estimate of drug-likeness (QED) is 0.837. The Morgan fingerprint density at radius 3 is 2.38 bits per heavy atom. The molecule has 0 saturated carbocycles. The third-order valence-corrected chi connectivity index (χ3v) is 5.12. The van der Waals surface area contributed by atoms with Crippen molar-refractivity contribution in [3.05, 3.63) is 33.0 Å². The number of aromatic nitrogens is 2. The minimum Gasteiger partial charge on any atom is -0.462 e. The van der Waals surface area contributed by atoms with E-state index in [1.165, 1.54) is 11.3 Å². The Hall–Kier alpha value is -2.15. The van der Waals surface area contributed by atoms with Crippen molar-refractivity contribution < 1.29 is 14.3 Å². The number of carbonyl (C=O) groups is 2. The smallest absolute Gasteiger partial charge is 0.341 e. The lowest BCUT2D eigenvalue weighted by atomic mass is 10.1. The van der Waals surface area contributed by atoms with Crippen LogP contribution < -0.4 is 5.32 Å². The Kier molecular flexibility index (Phi) is 5.43. The topological polar surface area (TPSA) is 73.2 Å². The summed E-state index contributed by atoms with van der Waals surface area (Å²) in [6.07, 6.45) is 0. The second-order valence-corrected chi connectivity index (χ2v) is 6.75. The highest BCUT2D eigenvalue weighted by Crippen LogP contribution is 2.33. The molecule has 0 aromatic carbocycles. The van der Waals surface area contributed by atoms with Crippen LogP contribution >= 0.6 is 11.3 Å². The summed E-state index contributed by atoms with van der Waals surface area (Å²) in [5, 5.41) is 7.77. The zero-order valence-electron chi connectivity index (χ0n) is 14.9. The number of aryl methyl sites for hydroxylation is 3. The lowest BCUT2D eigenvalue weighted by molar-refractivity contribution is 0.0527. The van der Waals surface area contributed by atoms with Gasteiger partial charge in [-0.25, -0.2) is 4.79 Å². The summed E-state index contributed by atoms with van der Waals surface area (Å²) in [5.74, 6) is -0.663. The van der Waals surface area contributed by atoms with E-state index in [4.69, 9.17) is 4.74 Å². The number of nitrogens with one attached hydrogen (secondary N) is 1. The summed E-state index contributed by atoms with van der Waals surface area (Å²) in [6.45, 7) is 12.2. The largest absolute Gasteiger partial charge is 0.462 e. The molecule has 0 bridgehead atoms. The molecule has 2 aromatic heterocycles. The predicted molar refractivity (Wildman–Crippen MR) is 95.1 cm³/mol. The molecule has 1 N–H and O–H groups in total. The maximum absolute atomic E-state index is 12.7. The SMILES string of the molecule is CCOC(=O)c1c(NC(=O)c2c(C)nn(CC)c2C)sc(C)c1C. The molecule has 24 heavy (non-hydrogen) atoms. The summed E-state index contributed by atoms with van der Waals surface area (Å²) in [6, 6.07) is 0. The molecular formula is C17H23N3O3S. The van der Waals surface area contributed by atoms with Gasteiger partial charge in [-0.15, -0.1) is 11.3 Å². The maximum atomic E-state index is 12.7. The molecule has 6 nitrogen and oxygen atoms in total. The van der Waals surface area contributed by atoms with E-state index < -0.39 is 5.97 Å². The van der Waals surface area contributed by atoms with E-state index in [1.807, 2.05) is 34.6 Å². The fraction of sp³-hybridized carbons (Fsp3) is 0.471. The summed E-state index contributed by atoms with van der Waals surface area (Å²) in [7, 11) is 0. The van der Waals surface area contributed by atoms with Crippen molar-refractivity contribution in [3.8, 4) is 0 Å². The third kappa shape index (κ3) is 3.21. The van der Waals surface area contributed by atoms with Crippen LogP contribution in [-0.2, 0) is 11.3 Å². The third-order valence-electron chi connectivity index (χ3n) is 4.00. The zero-order chi connectivity index (χ0) is 18.0. The van der Waals surface area contributed by atoms with Crippen molar-refractivity contribution in [1.82, 2.24) is 9.78 Å². The highest BCUT2D eigenvalue weighted by atomic mass is 32.1. The van der Waals surface area contributed by atoms with Crippen LogP contribution in [0.25, 0.3) is 0 Å². The van der Waals surface area contributed by atoms with Crippen LogP contribution in [0.3, 0.4) is 0 Å². The molecule has 0 saturated heterocycles. The Balaban J connectivity index is 2.38. The van der Waals surface area contributed by atoms with Gasteiger partial charge in [-0.1, -0.05) is 0 Å². The Morgan fingerprint density at radius 2 is 1.83 bits per heavy atom. The molecule has 2 heterocycles. The monoisotopic (exact) mass is 349 g/mol. The summed E-state index contributed by atoms with van der Waals surface area (Å²) < 4.78 is 6.91. The Morgan fingerprint density at radius 1 is 1.17 bits per heavy atom.